The monoisotopic (exact) mass is 518 g/mol. The van der Waals surface area contributed by atoms with Gasteiger partial charge in [-0.05, 0) is 35.9 Å². The first-order valence-corrected chi connectivity index (χ1v) is 12.2. The minimum atomic E-state index is 0.272. The number of ether oxygens (including phenoxy) is 3. The summed E-state index contributed by atoms with van der Waals surface area (Å²) in [6, 6.07) is 23.0. The van der Waals surface area contributed by atoms with Crippen molar-refractivity contribution in [3.8, 4) is 34.6 Å². The second-order valence-corrected chi connectivity index (χ2v) is 8.89. The minimum absolute atomic E-state index is 0.272. The lowest BCUT2D eigenvalue weighted by Crippen LogP contribution is -2.04. The van der Waals surface area contributed by atoms with Gasteiger partial charge in [0.2, 0.25) is 5.75 Å². The summed E-state index contributed by atoms with van der Waals surface area (Å²) in [4.78, 5) is 9.44. The Kier molecular flexibility index (Phi) is 8.16. The first-order valence-electron chi connectivity index (χ1n) is 10.9. The fourth-order valence-corrected chi connectivity index (χ4v) is 4.54. The van der Waals surface area contributed by atoms with Crippen LogP contribution in [0.1, 0.15) is 11.1 Å². The van der Waals surface area contributed by atoms with Gasteiger partial charge in [0.15, 0.2) is 22.5 Å². The van der Waals surface area contributed by atoms with E-state index in [2.05, 4.69) is 16.4 Å². The van der Waals surface area contributed by atoms with Gasteiger partial charge < -0.3 is 19.5 Å². The van der Waals surface area contributed by atoms with Gasteiger partial charge in [-0.15, -0.1) is 0 Å². The molecular weight excluding hydrogens is 496 g/mol. The molecule has 182 valence electrons. The number of rotatable bonds is 9. The molecule has 0 atom stereocenters. The number of nitriles is 1. The molecule has 0 radical (unpaired) electrons. The van der Waals surface area contributed by atoms with Crippen LogP contribution in [-0.4, -0.2) is 31.3 Å². The molecule has 0 bridgehead atoms. The lowest BCUT2D eigenvalue weighted by Gasteiger charge is -2.16. The Bertz CT molecular complexity index is 1390. The topological polar surface area (TPSA) is 89.3 Å². The van der Waals surface area contributed by atoms with Crippen molar-refractivity contribution >= 4 is 34.9 Å². The SMILES string of the molecule is COc1cc(-c2nc(SCc3ccccc3)nc(Nc3cccc(Cl)c3)c2C#N)cc(OC)c1OC. The summed E-state index contributed by atoms with van der Waals surface area (Å²) >= 11 is 7.65. The number of anilines is 2. The second-order valence-electron chi connectivity index (χ2n) is 7.51. The van der Waals surface area contributed by atoms with Crippen LogP contribution in [0.15, 0.2) is 71.9 Å². The molecule has 0 fully saturated rings. The maximum atomic E-state index is 10.2. The first kappa shape index (κ1) is 25.2. The maximum absolute atomic E-state index is 10.2. The maximum Gasteiger partial charge on any atom is 0.203 e. The van der Waals surface area contributed by atoms with Crippen LogP contribution < -0.4 is 19.5 Å². The lowest BCUT2D eigenvalue weighted by atomic mass is 10.1. The molecule has 0 aliphatic heterocycles. The number of thioether (sulfide) groups is 1. The van der Waals surface area contributed by atoms with Gasteiger partial charge in [0.1, 0.15) is 11.6 Å². The molecule has 0 saturated carbocycles. The summed E-state index contributed by atoms with van der Waals surface area (Å²) in [7, 11) is 4.62. The van der Waals surface area contributed by atoms with E-state index >= 15 is 0 Å². The number of methoxy groups -OCH3 is 3. The van der Waals surface area contributed by atoms with Crippen LogP contribution in [0.25, 0.3) is 11.3 Å². The number of nitrogens with one attached hydrogen (secondary N) is 1. The van der Waals surface area contributed by atoms with E-state index < -0.39 is 0 Å². The molecule has 0 aliphatic rings. The summed E-state index contributed by atoms with van der Waals surface area (Å²) in [6.45, 7) is 0. The highest BCUT2D eigenvalue weighted by Gasteiger charge is 2.21. The van der Waals surface area contributed by atoms with Gasteiger partial charge in [-0.3, -0.25) is 0 Å². The van der Waals surface area contributed by atoms with E-state index in [-0.39, 0.29) is 5.56 Å². The van der Waals surface area contributed by atoms with E-state index in [0.29, 0.717) is 55.9 Å². The highest BCUT2D eigenvalue weighted by molar-refractivity contribution is 7.98. The van der Waals surface area contributed by atoms with Crippen LogP contribution in [0.2, 0.25) is 5.02 Å². The molecule has 4 rings (SSSR count). The second kappa shape index (κ2) is 11.7. The number of halogens is 1. The van der Waals surface area contributed by atoms with E-state index in [4.69, 9.17) is 30.8 Å². The van der Waals surface area contributed by atoms with Crippen molar-refractivity contribution < 1.29 is 14.2 Å². The smallest absolute Gasteiger partial charge is 0.203 e. The standard InChI is InChI=1S/C27H23ClN4O3S/c1-33-22-12-18(13-23(34-2)25(22)35-3)24-21(15-29)26(30-20-11-7-10-19(28)14-20)32-27(31-24)36-16-17-8-5-4-6-9-17/h4-14H,16H2,1-3H3,(H,30,31,32). The number of aromatic nitrogens is 2. The minimum Gasteiger partial charge on any atom is -0.493 e. The molecule has 9 heteroatoms. The van der Waals surface area contributed by atoms with Crippen molar-refractivity contribution in [1.82, 2.24) is 9.97 Å². The summed E-state index contributed by atoms with van der Waals surface area (Å²) < 4.78 is 16.5. The Morgan fingerprint density at radius 1 is 0.917 bits per heavy atom. The van der Waals surface area contributed by atoms with E-state index in [0.717, 1.165) is 5.56 Å². The van der Waals surface area contributed by atoms with Crippen LogP contribution in [0.4, 0.5) is 11.5 Å². The normalized spacial score (nSPS) is 10.4. The predicted molar refractivity (Wildman–Crippen MR) is 143 cm³/mol. The number of hydrogen-bond acceptors (Lipinski definition) is 8. The summed E-state index contributed by atoms with van der Waals surface area (Å²) in [5, 5.41) is 14.5. The van der Waals surface area contributed by atoms with Gasteiger partial charge >= 0.3 is 0 Å². The van der Waals surface area contributed by atoms with Crippen LogP contribution >= 0.6 is 23.4 Å². The van der Waals surface area contributed by atoms with Crippen molar-refractivity contribution in [3.63, 3.8) is 0 Å². The van der Waals surface area contributed by atoms with Crippen molar-refractivity contribution in [1.29, 1.82) is 5.26 Å². The quantitative estimate of drug-likeness (QED) is 0.193. The zero-order valence-electron chi connectivity index (χ0n) is 19.9. The summed E-state index contributed by atoms with van der Waals surface area (Å²) in [6.07, 6.45) is 0. The van der Waals surface area contributed by atoms with Gasteiger partial charge in [0.25, 0.3) is 0 Å². The predicted octanol–water partition coefficient (Wildman–Crippen LogP) is 6.73. The van der Waals surface area contributed by atoms with E-state index in [1.807, 2.05) is 42.5 Å². The zero-order chi connectivity index (χ0) is 25.5. The third-order valence-corrected chi connectivity index (χ3v) is 6.39. The lowest BCUT2D eigenvalue weighted by molar-refractivity contribution is 0.324. The fraction of sp³-hybridized carbons (Fsp3) is 0.148. The van der Waals surface area contributed by atoms with E-state index in [1.54, 1.807) is 38.5 Å². The van der Waals surface area contributed by atoms with Crippen molar-refractivity contribution in [2.75, 3.05) is 26.6 Å². The zero-order valence-corrected chi connectivity index (χ0v) is 21.5. The molecule has 0 aliphatic carbocycles. The molecule has 4 aromatic rings. The molecule has 7 nitrogen and oxygen atoms in total. The summed E-state index contributed by atoms with van der Waals surface area (Å²) in [5.74, 6) is 2.40. The van der Waals surface area contributed by atoms with E-state index in [9.17, 15) is 5.26 Å². The van der Waals surface area contributed by atoms with Crippen LogP contribution in [0.5, 0.6) is 17.2 Å². The van der Waals surface area contributed by atoms with Gasteiger partial charge in [-0.2, -0.15) is 5.26 Å². The largest absolute Gasteiger partial charge is 0.493 e. The van der Waals surface area contributed by atoms with Crippen molar-refractivity contribution in [3.05, 3.63) is 82.9 Å². The third kappa shape index (κ3) is 5.65. The van der Waals surface area contributed by atoms with Crippen LogP contribution in [0.3, 0.4) is 0 Å². The average Bonchev–Trinajstić information content (AvgIpc) is 2.91. The highest BCUT2D eigenvalue weighted by Crippen LogP contribution is 2.42. The van der Waals surface area contributed by atoms with Crippen LogP contribution in [-0.2, 0) is 5.75 Å². The van der Waals surface area contributed by atoms with Gasteiger partial charge in [0.05, 0.1) is 27.0 Å². The Balaban J connectivity index is 1.85. The molecule has 3 aromatic carbocycles. The summed E-state index contributed by atoms with van der Waals surface area (Å²) in [5.41, 5.74) is 3.17. The highest BCUT2D eigenvalue weighted by atomic mass is 35.5. The first-order chi connectivity index (χ1) is 17.6. The molecule has 1 N–H and O–H groups in total. The molecule has 0 spiro atoms. The number of nitrogens with zero attached hydrogens (tertiary/aromatic N) is 3. The molecule has 0 unspecified atom stereocenters. The number of benzene rings is 3. The molecule has 0 amide bonds. The van der Waals surface area contributed by atoms with Crippen molar-refractivity contribution in [2.45, 2.75) is 10.9 Å². The molecule has 0 saturated heterocycles. The molecule has 36 heavy (non-hydrogen) atoms. The molecular formula is C27H23ClN4O3S. The van der Waals surface area contributed by atoms with Crippen LogP contribution in [0, 0.1) is 11.3 Å². The Labute approximate surface area is 219 Å². The fourth-order valence-electron chi connectivity index (χ4n) is 3.55. The average molecular weight is 519 g/mol. The Morgan fingerprint density at radius 2 is 1.64 bits per heavy atom. The third-order valence-electron chi connectivity index (χ3n) is 5.24. The Hall–Kier alpha value is -3.93. The van der Waals surface area contributed by atoms with E-state index in [1.165, 1.54) is 18.9 Å². The Morgan fingerprint density at radius 3 is 2.25 bits per heavy atom. The molecule has 1 aromatic heterocycles. The number of hydrogen-bond donors (Lipinski definition) is 1. The van der Waals surface area contributed by atoms with Gasteiger partial charge in [-0.1, -0.05) is 59.8 Å². The van der Waals surface area contributed by atoms with Gasteiger partial charge in [-0.25, -0.2) is 9.97 Å². The molecule has 1 heterocycles. The van der Waals surface area contributed by atoms with Crippen molar-refractivity contribution in [2.24, 2.45) is 0 Å². The van der Waals surface area contributed by atoms with Gasteiger partial charge in [0, 0.05) is 22.0 Å².